The van der Waals surface area contributed by atoms with Gasteiger partial charge in [-0.25, -0.2) is 0 Å². The molecule has 4 nitrogen and oxygen atoms in total. The van der Waals surface area contributed by atoms with Crippen LogP contribution >= 0.6 is 11.3 Å². The summed E-state index contributed by atoms with van der Waals surface area (Å²) in [6, 6.07) is 13.7. The maximum absolute atomic E-state index is 10.6. The maximum atomic E-state index is 10.6. The zero-order valence-electron chi connectivity index (χ0n) is 10.7. The van der Waals surface area contributed by atoms with Crippen LogP contribution in [0.5, 0.6) is 0 Å². The molecule has 1 N–H and O–H groups in total. The lowest BCUT2D eigenvalue weighted by atomic mass is 10.0. The van der Waals surface area contributed by atoms with E-state index in [0.717, 1.165) is 11.4 Å². The Morgan fingerprint density at radius 1 is 1.26 bits per heavy atom. The van der Waals surface area contributed by atoms with E-state index < -0.39 is 0 Å². The third kappa shape index (κ3) is 3.87. The van der Waals surface area contributed by atoms with Crippen LogP contribution in [0, 0.1) is 10.1 Å². The van der Waals surface area contributed by atoms with E-state index in [1.807, 2.05) is 24.3 Å². The van der Waals surface area contributed by atoms with Crippen molar-refractivity contribution in [2.45, 2.75) is 19.4 Å². The maximum Gasteiger partial charge on any atom is 0.324 e. The fourth-order valence-corrected chi connectivity index (χ4v) is 2.66. The summed E-state index contributed by atoms with van der Waals surface area (Å²) in [7, 11) is 0. The Balaban J connectivity index is 1.81. The van der Waals surface area contributed by atoms with Gasteiger partial charge >= 0.3 is 5.00 Å². The highest BCUT2D eigenvalue weighted by molar-refractivity contribution is 7.15. The zero-order chi connectivity index (χ0) is 13.7. The van der Waals surface area contributed by atoms with Crippen LogP contribution in [0.4, 0.5) is 5.00 Å². The monoisotopic (exact) mass is 276 g/mol. The summed E-state index contributed by atoms with van der Waals surface area (Å²) in [4.78, 5) is 11.2. The number of hydrogen-bond donors (Lipinski definition) is 1. The highest BCUT2D eigenvalue weighted by Crippen LogP contribution is 2.23. The predicted molar refractivity (Wildman–Crippen MR) is 77.5 cm³/mol. The van der Waals surface area contributed by atoms with Crippen molar-refractivity contribution < 1.29 is 4.92 Å². The molecule has 0 saturated carbocycles. The van der Waals surface area contributed by atoms with Gasteiger partial charge in [0.15, 0.2) is 0 Å². The minimum atomic E-state index is -0.346. The Morgan fingerprint density at radius 2 is 2.00 bits per heavy atom. The van der Waals surface area contributed by atoms with Crippen LogP contribution in [0.15, 0.2) is 42.5 Å². The fraction of sp³-hybridized carbons (Fsp3) is 0.286. The topological polar surface area (TPSA) is 55.2 Å². The van der Waals surface area contributed by atoms with E-state index in [0.29, 0.717) is 12.5 Å². The highest BCUT2D eigenvalue weighted by Gasteiger charge is 2.10. The molecule has 1 aromatic heterocycles. The molecule has 0 radical (unpaired) electrons. The normalized spacial score (nSPS) is 12.3. The van der Waals surface area contributed by atoms with E-state index in [1.54, 1.807) is 6.07 Å². The van der Waals surface area contributed by atoms with Gasteiger partial charge in [0.1, 0.15) is 0 Å². The predicted octanol–water partition coefficient (Wildman–Crippen LogP) is 3.55. The first-order valence-corrected chi connectivity index (χ1v) is 6.97. The molecule has 0 aliphatic heterocycles. The number of nitrogens with one attached hydrogen (secondary N) is 1. The molecule has 1 heterocycles. The van der Waals surface area contributed by atoms with Gasteiger partial charge in [0.05, 0.1) is 4.92 Å². The second-order valence-electron chi connectivity index (χ2n) is 4.44. The third-order valence-electron chi connectivity index (χ3n) is 2.95. The van der Waals surface area contributed by atoms with E-state index in [4.69, 9.17) is 0 Å². The lowest BCUT2D eigenvalue weighted by molar-refractivity contribution is -0.380. The van der Waals surface area contributed by atoms with E-state index in [-0.39, 0.29) is 9.92 Å². The molecule has 2 rings (SSSR count). The first-order valence-electron chi connectivity index (χ1n) is 6.15. The van der Waals surface area contributed by atoms with E-state index >= 15 is 0 Å². The highest BCUT2D eigenvalue weighted by atomic mass is 32.1. The minimum Gasteiger partial charge on any atom is -0.311 e. The molecular weight excluding hydrogens is 260 g/mol. The van der Waals surface area contributed by atoms with Crippen molar-refractivity contribution in [3.8, 4) is 0 Å². The summed E-state index contributed by atoms with van der Waals surface area (Å²) >= 11 is 1.23. The van der Waals surface area contributed by atoms with Crippen LogP contribution in [0.3, 0.4) is 0 Å². The van der Waals surface area contributed by atoms with Gasteiger partial charge in [-0.1, -0.05) is 48.6 Å². The fourth-order valence-electron chi connectivity index (χ4n) is 1.87. The molecular formula is C14H16N2O2S. The summed E-state index contributed by atoms with van der Waals surface area (Å²) in [5.41, 5.74) is 1.30. The van der Waals surface area contributed by atoms with Crippen molar-refractivity contribution in [1.82, 2.24) is 5.32 Å². The molecule has 1 aromatic carbocycles. The second-order valence-corrected chi connectivity index (χ2v) is 5.59. The van der Waals surface area contributed by atoms with Gasteiger partial charge in [0.2, 0.25) is 0 Å². The lowest BCUT2D eigenvalue weighted by Gasteiger charge is -2.12. The molecule has 0 fully saturated rings. The van der Waals surface area contributed by atoms with Gasteiger partial charge in [-0.3, -0.25) is 10.1 Å². The van der Waals surface area contributed by atoms with Gasteiger partial charge in [0, 0.05) is 24.0 Å². The summed E-state index contributed by atoms with van der Waals surface area (Å²) in [6.45, 7) is 3.70. The van der Waals surface area contributed by atoms with E-state index in [2.05, 4.69) is 24.4 Å². The molecule has 0 bridgehead atoms. The van der Waals surface area contributed by atoms with Crippen molar-refractivity contribution in [2.24, 2.45) is 0 Å². The molecule has 0 spiro atoms. The van der Waals surface area contributed by atoms with Crippen molar-refractivity contribution >= 4 is 16.3 Å². The van der Waals surface area contributed by atoms with Crippen LogP contribution in [0.1, 0.15) is 23.3 Å². The smallest absolute Gasteiger partial charge is 0.311 e. The summed E-state index contributed by atoms with van der Waals surface area (Å²) < 4.78 is 0. The van der Waals surface area contributed by atoms with Gasteiger partial charge < -0.3 is 5.32 Å². The van der Waals surface area contributed by atoms with Crippen molar-refractivity contribution in [3.63, 3.8) is 0 Å². The SMILES string of the molecule is CC(CNCc1ccc([N+](=O)[O-])s1)c1ccccc1. The third-order valence-corrected chi connectivity index (χ3v) is 3.98. The minimum absolute atomic E-state index is 0.202. The van der Waals surface area contributed by atoms with Gasteiger partial charge in [0.25, 0.3) is 0 Å². The summed E-state index contributed by atoms with van der Waals surface area (Å²) in [6.07, 6.45) is 0. The van der Waals surface area contributed by atoms with Crippen molar-refractivity contribution in [1.29, 1.82) is 0 Å². The van der Waals surface area contributed by atoms with E-state index in [1.165, 1.54) is 16.9 Å². The lowest BCUT2D eigenvalue weighted by Crippen LogP contribution is -2.19. The Kier molecular flexibility index (Phi) is 4.65. The zero-order valence-corrected chi connectivity index (χ0v) is 11.5. The first-order chi connectivity index (χ1) is 9.16. The van der Waals surface area contributed by atoms with Gasteiger partial charge in [-0.05, 0) is 17.5 Å². The molecule has 0 aliphatic carbocycles. The Hall–Kier alpha value is -1.72. The van der Waals surface area contributed by atoms with Crippen LogP contribution in [0.2, 0.25) is 0 Å². The Morgan fingerprint density at radius 3 is 2.63 bits per heavy atom. The van der Waals surface area contributed by atoms with Crippen LogP contribution in [-0.4, -0.2) is 11.5 Å². The molecule has 0 aliphatic rings. The quantitative estimate of drug-likeness (QED) is 0.648. The van der Waals surface area contributed by atoms with E-state index in [9.17, 15) is 10.1 Å². The number of benzene rings is 1. The first kappa shape index (κ1) is 13.7. The summed E-state index contributed by atoms with van der Waals surface area (Å²) in [5, 5.41) is 14.1. The van der Waals surface area contributed by atoms with Gasteiger partial charge in [-0.15, -0.1) is 0 Å². The number of nitrogens with zero attached hydrogens (tertiary/aromatic N) is 1. The average Bonchev–Trinajstić information content (AvgIpc) is 2.89. The Labute approximate surface area is 116 Å². The number of rotatable bonds is 6. The summed E-state index contributed by atoms with van der Waals surface area (Å²) in [5.74, 6) is 0.427. The van der Waals surface area contributed by atoms with Crippen molar-refractivity contribution in [2.75, 3.05) is 6.54 Å². The molecule has 0 amide bonds. The number of thiophene rings is 1. The Bertz CT molecular complexity index is 539. The largest absolute Gasteiger partial charge is 0.324 e. The molecule has 19 heavy (non-hydrogen) atoms. The molecule has 1 unspecified atom stereocenters. The van der Waals surface area contributed by atoms with Gasteiger partial charge in [-0.2, -0.15) is 0 Å². The second kappa shape index (κ2) is 6.45. The van der Waals surface area contributed by atoms with Crippen LogP contribution in [-0.2, 0) is 6.54 Å². The standard InChI is InChI=1S/C14H16N2O2S/c1-11(12-5-3-2-4-6-12)9-15-10-13-7-8-14(19-13)16(17)18/h2-8,11,15H,9-10H2,1H3. The molecule has 5 heteroatoms. The molecule has 2 aromatic rings. The van der Waals surface area contributed by atoms with Crippen LogP contribution in [0.25, 0.3) is 0 Å². The number of nitro groups is 1. The number of hydrogen-bond acceptors (Lipinski definition) is 4. The van der Waals surface area contributed by atoms with Crippen LogP contribution < -0.4 is 5.32 Å². The molecule has 0 saturated heterocycles. The average molecular weight is 276 g/mol. The molecule has 100 valence electrons. The van der Waals surface area contributed by atoms with Crippen molar-refractivity contribution in [3.05, 3.63) is 63.0 Å². The molecule has 1 atom stereocenters.